The molecule has 1 amide bonds. The van der Waals surface area contributed by atoms with Gasteiger partial charge in [0.2, 0.25) is 5.91 Å². The van der Waals surface area contributed by atoms with Crippen LogP contribution in [-0.4, -0.2) is 54.5 Å². The summed E-state index contributed by atoms with van der Waals surface area (Å²) in [5.74, 6) is 0.0412. The largest absolute Gasteiger partial charge is 0.326 e. The first-order valence-electron chi connectivity index (χ1n) is 7.52. The highest BCUT2D eigenvalue weighted by atomic mass is 16.2. The number of nitrogens with zero attached hydrogens (tertiary/aromatic N) is 2. The fraction of sp³-hybridized carbons (Fsp3) is 0.562. The van der Waals surface area contributed by atoms with E-state index in [1.165, 1.54) is 0 Å². The molecule has 1 aromatic rings. The van der Waals surface area contributed by atoms with Gasteiger partial charge >= 0.3 is 0 Å². The van der Waals surface area contributed by atoms with Crippen LogP contribution in [-0.2, 0) is 11.3 Å². The molecule has 1 aromatic carbocycles. The van der Waals surface area contributed by atoms with Crippen LogP contribution in [0.1, 0.15) is 19.4 Å². The summed E-state index contributed by atoms with van der Waals surface area (Å²) in [5.41, 5.74) is 7.45. The predicted octanol–water partition coefficient (Wildman–Crippen LogP) is 1.11. The van der Waals surface area contributed by atoms with Gasteiger partial charge in [-0.3, -0.25) is 14.6 Å². The Hall–Kier alpha value is -1.43. The lowest BCUT2D eigenvalue weighted by Crippen LogP contribution is -2.56. The summed E-state index contributed by atoms with van der Waals surface area (Å²) in [6.07, 6.45) is 0. The number of carbonyl (C=O) groups excluding carboxylic acids is 1. The van der Waals surface area contributed by atoms with E-state index in [1.807, 2.05) is 24.3 Å². The van der Waals surface area contributed by atoms with Crippen molar-refractivity contribution in [3.63, 3.8) is 0 Å². The topological polar surface area (TPSA) is 61.6 Å². The molecule has 1 aliphatic rings. The molecule has 0 aromatic heterocycles. The van der Waals surface area contributed by atoms with Crippen LogP contribution in [0.3, 0.4) is 0 Å². The van der Waals surface area contributed by atoms with E-state index < -0.39 is 0 Å². The second kappa shape index (κ2) is 7.02. The fourth-order valence-corrected chi connectivity index (χ4v) is 2.77. The summed E-state index contributed by atoms with van der Waals surface area (Å²) < 4.78 is 0. The molecule has 0 radical (unpaired) electrons. The summed E-state index contributed by atoms with van der Waals surface area (Å²) in [4.78, 5) is 16.7. The molecule has 5 heteroatoms. The van der Waals surface area contributed by atoms with Crippen LogP contribution in [0.4, 0.5) is 5.69 Å². The first kappa shape index (κ1) is 15.9. The Morgan fingerprint density at radius 2 is 1.81 bits per heavy atom. The van der Waals surface area contributed by atoms with Gasteiger partial charge < -0.3 is 11.1 Å². The lowest BCUT2D eigenvalue weighted by atomic mass is 10.1. The molecule has 2 unspecified atom stereocenters. The third-order valence-corrected chi connectivity index (χ3v) is 4.28. The van der Waals surface area contributed by atoms with Crippen LogP contribution in [0.5, 0.6) is 0 Å². The standard InChI is InChI=1S/C16H26N4O/c1-12-9-20(10-13(2)19(12)3)11-16(21)18-15-6-4-14(8-17)5-7-15/h4-7,12-13H,8-11,17H2,1-3H3,(H,18,21). The van der Waals surface area contributed by atoms with Crippen molar-refractivity contribution in [2.75, 3.05) is 32.0 Å². The van der Waals surface area contributed by atoms with Crippen LogP contribution >= 0.6 is 0 Å². The number of benzene rings is 1. The summed E-state index contributed by atoms with van der Waals surface area (Å²) in [7, 11) is 2.14. The summed E-state index contributed by atoms with van der Waals surface area (Å²) in [5, 5.41) is 2.95. The van der Waals surface area contributed by atoms with Crippen molar-refractivity contribution in [2.45, 2.75) is 32.5 Å². The Morgan fingerprint density at radius 3 is 2.33 bits per heavy atom. The quantitative estimate of drug-likeness (QED) is 0.872. The van der Waals surface area contributed by atoms with Crippen LogP contribution in [0, 0.1) is 0 Å². The van der Waals surface area contributed by atoms with Crippen molar-refractivity contribution in [3.8, 4) is 0 Å². The summed E-state index contributed by atoms with van der Waals surface area (Å²) in [6, 6.07) is 8.63. The van der Waals surface area contributed by atoms with Crippen molar-refractivity contribution in [3.05, 3.63) is 29.8 Å². The van der Waals surface area contributed by atoms with Crippen molar-refractivity contribution in [1.29, 1.82) is 0 Å². The minimum absolute atomic E-state index is 0.0412. The Kier molecular flexibility index (Phi) is 5.33. The van der Waals surface area contributed by atoms with E-state index in [9.17, 15) is 4.79 Å². The van der Waals surface area contributed by atoms with Crippen LogP contribution < -0.4 is 11.1 Å². The minimum Gasteiger partial charge on any atom is -0.326 e. The zero-order valence-corrected chi connectivity index (χ0v) is 13.2. The lowest BCUT2D eigenvalue weighted by molar-refractivity contribution is -0.118. The van der Waals surface area contributed by atoms with Gasteiger partial charge in [0.25, 0.3) is 0 Å². The maximum atomic E-state index is 12.1. The van der Waals surface area contributed by atoms with Gasteiger partial charge in [0.1, 0.15) is 0 Å². The molecular formula is C16H26N4O. The molecule has 116 valence electrons. The molecule has 2 rings (SSSR count). The van der Waals surface area contributed by atoms with E-state index in [0.717, 1.165) is 24.3 Å². The summed E-state index contributed by atoms with van der Waals surface area (Å²) >= 11 is 0. The number of amides is 1. The highest BCUT2D eigenvalue weighted by Crippen LogP contribution is 2.14. The molecule has 2 atom stereocenters. The average molecular weight is 290 g/mol. The molecule has 21 heavy (non-hydrogen) atoms. The number of rotatable bonds is 4. The Balaban J connectivity index is 1.86. The number of anilines is 1. The van der Waals surface area contributed by atoms with Gasteiger partial charge in [-0.15, -0.1) is 0 Å². The van der Waals surface area contributed by atoms with Crippen LogP contribution in [0.15, 0.2) is 24.3 Å². The van der Waals surface area contributed by atoms with E-state index in [0.29, 0.717) is 25.2 Å². The number of nitrogens with two attached hydrogens (primary N) is 1. The van der Waals surface area contributed by atoms with E-state index >= 15 is 0 Å². The fourth-order valence-electron chi connectivity index (χ4n) is 2.77. The molecule has 5 nitrogen and oxygen atoms in total. The number of likely N-dealkylation sites (N-methyl/N-ethyl adjacent to an activating group) is 1. The van der Waals surface area contributed by atoms with Gasteiger partial charge in [0.05, 0.1) is 6.54 Å². The molecule has 1 saturated heterocycles. The van der Waals surface area contributed by atoms with Crippen molar-refractivity contribution >= 4 is 11.6 Å². The van der Waals surface area contributed by atoms with Crippen molar-refractivity contribution in [1.82, 2.24) is 9.80 Å². The molecule has 0 saturated carbocycles. The molecule has 1 heterocycles. The number of nitrogens with one attached hydrogen (secondary N) is 1. The molecule has 3 N–H and O–H groups in total. The second-order valence-electron chi connectivity index (χ2n) is 6.01. The average Bonchev–Trinajstić information content (AvgIpc) is 2.45. The third kappa shape index (κ3) is 4.27. The smallest absolute Gasteiger partial charge is 0.238 e. The first-order valence-corrected chi connectivity index (χ1v) is 7.52. The van der Waals surface area contributed by atoms with Crippen molar-refractivity contribution < 1.29 is 4.79 Å². The third-order valence-electron chi connectivity index (χ3n) is 4.28. The molecule has 0 aliphatic carbocycles. The van der Waals surface area contributed by atoms with E-state index in [-0.39, 0.29) is 5.91 Å². The Morgan fingerprint density at radius 1 is 1.24 bits per heavy atom. The zero-order chi connectivity index (χ0) is 15.4. The minimum atomic E-state index is 0.0412. The lowest BCUT2D eigenvalue weighted by Gasteiger charge is -2.42. The van der Waals surface area contributed by atoms with E-state index in [1.54, 1.807) is 0 Å². The number of hydrogen-bond acceptors (Lipinski definition) is 4. The SMILES string of the molecule is CC1CN(CC(=O)Nc2ccc(CN)cc2)CC(C)N1C. The predicted molar refractivity (Wildman–Crippen MR) is 86.1 cm³/mol. The van der Waals surface area contributed by atoms with Gasteiger partial charge in [0.15, 0.2) is 0 Å². The highest BCUT2D eigenvalue weighted by molar-refractivity contribution is 5.92. The number of piperazine rings is 1. The maximum absolute atomic E-state index is 12.1. The maximum Gasteiger partial charge on any atom is 0.238 e. The van der Waals surface area contributed by atoms with Crippen LogP contribution in [0.2, 0.25) is 0 Å². The van der Waals surface area contributed by atoms with Crippen LogP contribution in [0.25, 0.3) is 0 Å². The Labute approximate surface area is 127 Å². The molecule has 1 fully saturated rings. The molecule has 0 bridgehead atoms. The highest BCUT2D eigenvalue weighted by Gasteiger charge is 2.27. The van der Waals surface area contributed by atoms with Gasteiger partial charge in [0, 0.05) is 37.4 Å². The number of carbonyl (C=O) groups is 1. The van der Waals surface area contributed by atoms with Gasteiger partial charge in [-0.05, 0) is 38.6 Å². The summed E-state index contributed by atoms with van der Waals surface area (Å²) in [6.45, 7) is 7.23. The zero-order valence-electron chi connectivity index (χ0n) is 13.2. The van der Waals surface area contributed by atoms with E-state index in [2.05, 4.69) is 36.0 Å². The van der Waals surface area contributed by atoms with Gasteiger partial charge in [-0.2, -0.15) is 0 Å². The van der Waals surface area contributed by atoms with E-state index in [4.69, 9.17) is 5.73 Å². The first-order chi connectivity index (χ1) is 9.99. The monoisotopic (exact) mass is 290 g/mol. The normalized spacial score (nSPS) is 24.0. The molecular weight excluding hydrogens is 264 g/mol. The van der Waals surface area contributed by atoms with Crippen molar-refractivity contribution in [2.24, 2.45) is 5.73 Å². The number of hydrogen-bond donors (Lipinski definition) is 2. The second-order valence-corrected chi connectivity index (χ2v) is 6.01. The Bertz CT molecular complexity index is 462. The van der Waals surface area contributed by atoms with Gasteiger partial charge in [-0.25, -0.2) is 0 Å². The molecule has 1 aliphatic heterocycles. The molecule has 0 spiro atoms. The van der Waals surface area contributed by atoms with Gasteiger partial charge in [-0.1, -0.05) is 12.1 Å².